The van der Waals surface area contributed by atoms with Gasteiger partial charge in [0.2, 0.25) is 0 Å². The van der Waals surface area contributed by atoms with Crippen LogP contribution in [-0.4, -0.2) is 26.8 Å². The molecule has 0 unspecified atom stereocenters. The highest BCUT2D eigenvalue weighted by Gasteiger charge is 2.35. The van der Waals surface area contributed by atoms with Crippen LogP contribution in [0.2, 0.25) is 0 Å². The molecule has 1 saturated heterocycles. The summed E-state index contributed by atoms with van der Waals surface area (Å²) >= 11 is 4.26. The zero-order valence-electron chi connectivity index (χ0n) is 14.9. The normalized spacial score (nSPS) is 19.9. The van der Waals surface area contributed by atoms with Crippen molar-refractivity contribution in [1.82, 2.24) is 0 Å². The number of unbranched alkanes of at least 4 members (excludes halogenated alkanes) is 5. The van der Waals surface area contributed by atoms with Gasteiger partial charge < -0.3 is 5.11 Å². The molecule has 1 aliphatic heterocycles. The van der Waals surface area contributed by atoms with Crippen molar-refractivity contribution >= 4 is 23.5 Å². The number of hydrogen-bond donors (Lipinski definition) is 1. The average molecular weight is 345 g/mol. The molecule has 0 aliphatic carbocycles. The van der Waals surface area contributed by atoms with Gasteiger partial charge >= 0.3 is 0 Å². The van der Waals surface area contributed by atoms with Crippen molar-refractivity contribution in [3.63, 3.8) is 0 Å². The number of allylic oxidation sites excluding steroid dienone is 1. The lowest BCUT2D eigenvalue weighted by Gasteiger charge is -2.39. The summed E-state index contributed by atoms with van der Waals surface area (Å²) in [5.74, 6) is 3.27. The lowest BCUT2D eigenvalue weighted by Crippen LogP contribution is -2.30. The van der Waals surface area contributed by atoms with E-state index in [1.165, 1.54) is 50.0 Å². The van der Waals surface area contributed by atoms with Gasteiger partial charge in [-0.05, 0) is 36.7 Å². The van der Waals surface area contributed by atoms with E-state index in [-0.39, 0.29) is 6.10 Å². The Morgan fingerprint density at radius 3 is 2.32 bits per heavy atom. The summed E-state index contributed by atoms with van der Waals surface area (Å²) in [5.41, 5.74) is 0. The van der Waals surface area contributed by atoms with Crippen LogP contribution < -0.4 is 0 Å². The number of aliphatic hydroxyl groups excluding tert-OH is 1. The fourth-order valence-corrected chi connectivity index (χ4v) is 6.28. The van der Waals surface area contributed by atoms with E-state index in [9.17, 15) is 5.11 Å². The molecule has 1 heterocycles. The van der Waals surface area contributed by atoms with Crippen LogP contribution in [0.15, 0.2) is 12.2 Å². The van der Waals surface area contributed by atoms with Gasteiger partial charge in [0.05, 0.1) is 10.2 Å². The number of aliphatic hydroxyl groups is 1. The fraction of sp³-hybridized carbons (Fsp3) is 0.895. The first-order valence-corrected chi connectivity index (χ1v) is 11.2. The highest BCUT2D eigenvalue weighted by atomic mass is 32.2. The molecule has 0 saturated carbocycles. The first-order valence-electron chi connectivity index (χ1n) is 9.23. The van der Waals surface area contributed by atoms with Crippen molar-refractivity contribution in [2.45, 2.75) is 88.7 Å². The summed E-state index contributed by atoms with van der Waals surface area (Å²) in [6, 6.07) is 0. The molecular weight excluding hydrogens is 308 g/mol. The summed E-state index contributed by atoms with van der Waals surface area (Å²) in [4.78, 5) is 0. The van der Waals surface area contributed by atoms with E-state index in [1.807, 2.05) is 6.08 Å². The average Bonchev–Trinajstić information content (AvgIpc) is 2.51. The van der Waals surface area contributed by atoms with Crippen LogP contribution in [0, 0.1) is 5.92 Å². The molecule has 0 aromatic carbocycles. The van der Waals surface area contributed by atoms with Crippen molar-refractivity contribution < 1.29 is 5.11 Å². The Kier molecular flexibility index (Phi) is 11.0. The maximum absolute atomic E-state index is 10.1. The molecule has 0 amide bonds. The lowest BCUT2D eigenvalue weighted by atomic mass is 10.0. The van der Waals surface area contributed by atoms with Gasteiger partial charge in [0.15, 0.2) is 0 Å². The van der Waals surface area contributed by atoms with Crippen LogP contribution >= 0.6 is 23.5 Å². The quantitative estimate of drug-likeness (QED) is 0.352. The SMILES string of the molecule is CCCCCCCC[C@@H](O)/C=C\CC1(C(C)C)SCCCS1. The van der Waals surface area contributed by atoms with E-state index >= 15 is 0 Å². The smallest absolute Gasteiger partial charge is 0.0720 e. The summed E-state index contributed by atoms with van der Waals surface area (Å²) in [5, 5.41) is 10.1. The third-order valence-corrected chi connectivity index (χ3v) is 8.42. The molecule has 1 atom stereocenters. The third kappa shape index (κ3) is 7.79. The van der Waals surface area contributed by atoms with Crippen molar-refractivity contribution in [3.8, 4) is 0 Å². The minimum absolute atomic E-state index is 0.242. The minimum Gasteiger partial charge on any atom is -0.389 e. The summed E-state index contributed by atoms with van der Waals surface area (Å²) in [6.07, 6.45) is 15.2. The largest absolute Gasteiger partial charge is 0.389 e. The lowest BCUT2D eigenvalue weighted by molar-refractivity contribution is 0.207. The molecule has 22 heavy (non-hydrogen) atoms. The molecular formula is C19H36OS2. The summed E-state index contributed by atoms with van der Waals surface area (Å²) in [6.45, 7) is 6.93. The van der Waals surface area contributed by atoms with Crippen molar-refractivity contribution in [1.29, 1.82) is 0 Å². The number of thioether (sulfide) groups is 2. The van der Waals surface area contributed by atoms with Gasteiger partial charge in [-0.3, -0.25) is 0 Å². The molecule has 0 bridgehead atoms. The number of rotatable bonds is 11. The molecule has 1 rings (SSSR count). The Morgan fingerprint density at radius 2 is 1.68 bits per heavy atom. The van der Waals surface area contributed by atoms with E-state index in [4.69, 9.17) is 0 Å². The standard InChI is InChI=1S/C19H36OS2/c1-4-5-6-7-8-9-12-18(20)13-10-14-19(17(2)3)21-15-11-16-22-19/h10,13,17-18,20H,4-9,11-12,14-16H2,1-3H3/b13-10-/t18-/m1/s1. The molecule has 0 spiro atoms. The third-order valence-electron chi connectivity index (χ3n) is 4.48. The van der Waals surface area contributed by atoms with Crippen LogP contribution in [0.3, 0.4) is 0 Å². The molecule has 1 nitrogen and oxygen atoms in total. The highest BCUT2D eigenvalue weighted by Crippen LogP contribution is 2.50. The molecule has 130 valence electrons. The maximum atomic E-state index is 10.1. The molecule has 0 aromatic heterocycles. The molecule has 1 fully saturated rings. The van der Waals surface area contributed by atoms with E-state index in [0.29, 0.717) is 10.00 Å². The molecule has 0 aromatic rings. The fourth-order valence-electron chi connectivity index (χ4n) is 2.90. The first-order chi connectivity index (χ1) is 10.6. The molecule has 3 heteroatoms. The van der Waals surface area contributed by atoms with Gasteiger partial charge in [-0.2, -0.15) is 0 Å². The van der Waals surface area contributed by atoms with Gasteiger partial charge in [-0.1, -0.05) is 71.4 Å². The first kappa shape index (κ1) is 20.4. The van der Waals surface area contributed by atoms with Gasteiger partial charge in [0.25, 0.3) is 0 Å². The Balaban J connectivity index is 2.22. The second-order valence-electron chi connectivity index (χ2n) is 6.77. The molecule has 1 aliphatic rings. The summed E-state index contributed by atoms with van der Waals surface area (Å²) < 4.78 is 0.342. The Hall–Kier alpha value is 0.400. The van der Waals surface area contributed by atoms with Gasteiger partial charge in [0.1, 0.15) is 0 Å². The zero-order valence-corrected chi connectivity index (χ0v) is 16.5. The van der Waals surface area contributed by atoms with E-state index in [0.717, 1.165) is 19.3 Å². The Labute approximate surface area is 147 Å². The van der Waals surface area contributed by atoms with Crippen molar-refractivity contribution in [2.75, 3.05) is 11.5 Å². The van der Waals surface area contributed by atoms with Crippen molar-refractivity contribution in [2.24, 2.45) is 5.92 Å². The van der Waals surface area contributed by atoms with Gasteiger partial charge in [0, 0.05) is 0 Å². The Bertz CT molecular complexity index is 296. The van der Waals surface area contributed by atoms with E-state index in [1.54, 1.807) is 0 Å². The molecule has 0 radical (unpaired) electrons. The van der Waals surface area contributed by atoms with Crippen LogP contribution in [0.1, 0.15) is 78.6 Å². The topological polar surface area (TPSA) is 20.2 Å². The summed E-state index contributed by atoms with van der Waals surface area (Å²) in [7, 11) is 0. The van der Waals surface area contributed by atoms with Gasteiger partial charge in [-0.25, -0.2) is 0 Å². The van der Waals surface area contributed by atoms with Crippen molar-refractivity contribution in [3.05, 3.63) is 12.2 Å². The second-order valence-corrected chi connectivity index (χ2v) is 9.88. The molecule has 1 N–H and O–H groups in total. The monoisotopic (exact) mass is 344 g/mol. The maximum Gasteiger partial charge on any atom is 0.0720 e. The minimum atomic E-state index is -0.242. The van der Waals surface area contributed by atoms with E-state index < -0.39 is 0 Å². The van der Waals surface area contributed by atoms with Crippen LogP contribution in [0.5, 0.6) is 0 Å². The highest BCUT2D eigenvalue weighted by molar-refractivity contribution is 8.18. The zero-order chi connectivity index (χ0) is 16.3. The number of hydrogen-bond acceptors (Lipinski definition) is 3. The van der Waals surface area contributed by atoms with Crippen LogP contribution in [0.25, 0.3) is 0 Å². The van der Waals surface area contributed by atoms with Crippen LogP contribution in [-0.2, 0) is 0 Å². The predicted molar refractivity (Wildman–Crippen MR) is 105 cm³/mol. The van der Waals surface area contributed by atoms with Gasteiger partial charge in [-0.15, -0.1) is 23.5 Å². The van der Waals surface area contributed by atoms with Crippen LogP contribution in [0.4, 0.5) is 0 Å². The van der Waals surface area contributed by atoms with E-state index in [2.05, 4.69) is 50.4 Å². The Morgan fingerprint density at radius 1 is 1.05 bits per heavy atom. The predicted octanol–water partition coefficient (Wildman–Crippen LogP) is 6.27. The second kappa shape index (κ2) is 11.9.